The molecular formula is C13H12FN3O. The van der Waals surface area contributed by atoms with Gasteiger partial charge in [0.1, 0.15) is 5.82 Å². The molecule has 0 aliphatic carbocycles. The van der Waals surface area contributed by atoms with Crippen molar-refractivity contribution in [3.05, 3.63) is 42.3 Å². The van der Waals surface area contributed by atoms with E-state index in [0.717, 1.165) is 10.9 Å². The summed E-state index contributed by atoms with van der Waals surface area (Å²) < 4.78 is 19.1. The van der Waals surface area contributed by atoms with E-state index in [-0.39, 0.29) is 11.9 Å². The van der Waals surface area contributed by atoms with Crippen molar-refractivity contribution < 1.29 is 8.81 Å². The third-order valence-electron chi connectivity index (χ3n) is 2.84. The Bertz CT molecular complexity index is 699. The number of aromatic amines is 1. The highest BCUT2D eigenvalue weighted by molar-refractivity contribution is 5.94. The standard InChI is InChI=1S/C13H12FN3O/c1-7(15)13-17-6-11(18-13)9-5-16-12-8(9)3-2-4-10(12)14/h2-7,16H,15H2,1H3/t7-/m0/s1. The van der Waals surface area contributed by atoms with Crippen LogP contribution in [0.5, 0.6) is 0 Å². The molecule has 0 radical (unpaired) electrons. The van der Waals surface area contributed by atoms with Crippen molar-refractivity contribution in [1.82, 2.24) is 9.97 Å². The minimum atomic E-state index is -0.286. The second-order valence-corrected chi connectivity index (χ2v) is 4.22. The summed E-state index contributed by atoms with van der Waals surface area (Å²) in [6.45, 7) is 1.80. The number of para-hydroxylation sites is 1. The van der Waals surface area contributed by atoms with Crippen molar-refractivity contribution in [2.45, 2.75) is 13.0 Å². The van der Waals surface area contributed by atoms with Gasteiger partial charge >= 0.3 is 0 Å². The van der Waals surface area contributed by atoms with Gasteiger partial charge in [0.25, 0.3) is 0 Å². The van der Waals surface area contributed by atoms with Crippen molar-refractivity contribution in [3.8, 4) is 11.3 Å². The zero-order chi connectivity index (χ0) is 12.7. The average molecular weight is 245 g/mol. The van der Waals surface area contributed by atoms with Crippen molar-refractivity contribution in [2.24, 2.45) is 5.73 Å². The fourth-order valence-electron chi connectivity index (χ4n) is 1.94. The lowest BCUT2D eigenvalue weighted by Gasteiger charge is -1.97. The maximum absolute atomic E-state index is 13.6. The zero-order valence-corrected chi connectivity index (χ0v) is 9.77. The Labute approximate surface area is 103 Å². The second-order valence-electron chi connectivity index (χ2n) is 4.22. The minimum Gasteiger partial charge on any atom is -0.439 e. The third-order valence-corrected chi connectivity index (χ3v) is 2.84. The number of benzene rings is 1. The molecule has 18 heavy (non-hydrogen) atoms. The van der Waals surface area contributed by atoms with E-state index in [9.17, 15) is 4.39 Å². The lowest BCUT2D eigenvalue weighted by atomic mass is 10.1. The Hall–Kier alpha value is -2.14. The third kappa shape index (κ3) is 1.60. The van der Waals surface area contributed by atoms with Crippen LogP contribution in [0.15, 0.2) is 35.0 Å². The van der Waals surface area contributed by atoms with Crippen LogP contribution in [0, 0.1) is 5.82 Å². The molecule has 0 fully saturated rings. The SMILES string of the molecule is C[C@H](N)c1ncc(-c2c[nH]c3c(F)cccc23)o1. The van der Waals surface area contributed by atoms with Crippen LogP contribution < -0.4 is 5.73 Å². The molecule has 1 aromatic carbocycles. The highest BCUT2D eigenvalue weighted by Crippen LogP contribution is 2.30. The summed E-state index contributed by atoms with van der Waals surface area (Å²) in [7, 11) is 0. The number of aromatic nitrogens is 2. The molecule has 2 heterocycles. The summed E-state index contributed by atoms with van der Waals surface area (Å²) in [5.41, 5.74) is 6.94. The molecule has 0 unspecified atom stereocenters. The molecule has 0 aliphatic rings. The number of rotatable bonds is 2. The summed E-state index contributed by atoms with van der Waals surface area (Å²) in [5, 5.41) is 0.766. The molecule has 2 aromatic heterocycles. The number of nitrogens with two attached hydrogens (primary N) is 1. The van der Waals surface area contributed by atoms with E-state index in [1.807, 2.05) is 6.07 Å². The van der Waals surface area contributed by atoms with E-state index in [1.54, 1.807) is 25.4 Å². The molecule has 5 heteroatoms. The van der Waals surface area contributed by atoms with Gasteiger partial charge in [-0.25, -0.2) is 9.37 Å². The fraction of sp³-hybridized carbons (Fsp3) is 0.154. The summed E-state index contributed by atoms with van der Waals surface area (Å²) in [6.07, 6.45) is 3.31. The quantitative estimate of drug-likeness (QED) is 0.729. The zero-order valence-electron chi connectivity index (χ0n) is 9.77. The number of hydrogen-bond donors (Lipinski definition) is 2. The number of nitrogens with zero attached hydrogens (tertiary/aromatic N) is 1. The van der Waals surface area contributed by atoms with Gasteiger partial charge in [0.2, 0.25) is 5.89 Å². The van der Waals surface area contributed by atoms with Gasteiger partial charge in [-0.05, 0) is 13.0 Å². The smallest absolute Gasteiger partial charge is 0.211 e. The van der Waals surface area contributed by atoms with Gasteiger partial charge in [-0.2, -0.15) is 0 Å². The Morgan fingerprint density at radius 1 is 1.44 bits per heavy atom. The van der Waals surface area contributed by atoms with Gasteiger partial charge in [-0.3, -0.25) is 0 Å². The Morgan fingerprint density at radius 3 is 3.00 bits per heavy atom. The van der Waals surface area contributed by atoms with Crippen molar-refractivity contribution in [3.63, 3.8) is 0 Å². The molecular weight excluding hydrogens is 233 g/mol. The van der Waals surface area contributed by atoms with Crippen LogP contribution in [0.25, 0.3) is 22.2 Å². The lowest BCUT2D eigenvalue weighted by molar-refractivity contribution is 0.474. The lowest BCUT2D eigenvalue weighted by Crippen LogP contribution is -2.04. The summed E-state index contributed by atoms with van der Waals surface area (Å²) >= 11 is 0. The number of oxazole rings is 1. The maximum Gasteiger partial charge on any atom is 0.211 e. The molecule has 0 saturated heterocycles. The first-order valence-electron chi connectivity index (χ1n) is 5.64. The molecule has 92 valence electrons. The highest BCUT2D eigenvalue weighted by atomic mass is 19.1. The van der Waals surface area contributed by atoms with Crippen molar-refractivity contribution in [1.29, 1.82) is 0 Å². The molecule has 3 aromatic rings. The monoisotopic (exact) mass is 245 g/mol. The number of halogens is 1. The van der Waals surface area contributed by atoms with Gasteiger partial charge in [0, 0.05) is 17.1 Å². The van der Waals surface area contributed by atoms with Gasteiger partial charge in [-0.15, -0.1) is 0 Å². The van der Waals surface area contributed by atoms with Crippen LogP contribution in [0.4, 0.5) is 4.39 Å². The van der Waals surface area contributed by atoms with Crippen LogP contribution in [0.3, 0.4) is 0 Å². The Kier molecular flexibility index (Phi) is 2.41. The maximum atomic E-state index is 13.6. The van der Waals surface area contributed by atoms with Crippen molar-refractivity contribution >= 4 is 10.9 Å². The van der Waals surface area contributed by atoms with Gasteiger partial charge in [0.15, 0.2) is 5.76 Å². The van der Waals surface area contributed by atoms with E-state index >= 15 is 0 Å². The normalized spacial score (nSPS) is 13.1. The first-order valence-corrected chi connectivity index (χ1v) is 5.64. The van der Waals surface area contributed by atoms with E-state index in [4.69, 9.17) is 10.2 Å². The molecule has 4 nitrogen and oxygen atoms in total. The predicted octanol–water partition coefficient (Wildman–Crippen LogP) is 2.98. The van der Waals surface area contributed by atoms with Crippen LogP contribution in [-0.2, 0) is 0 Å². The van der Waals surface area contributed by atoms with Crippen LogP contribution in [-0.4, -0.2) is 9.97 Å². The first kappa shape index (κ1) is 11.0. The topological polar surface area (TPSA) is 67.8 Å². The molecule has 3 N–H and O–H groups in total. The molecule has 0 amide bonds. The van der Waals surface area contributed by atoms with E-state index in [2.05, 4.69) is 9.97 Å². The minimum absolute atomic E-state index is 0.263. The molecule has 0 bridgehead atoms. The number of hydrogen-bond acceptors (Lipinski definition) is 3. The second kappa shape index (κ2) is 3.96. The number of fused-ring (bicyclic) bond motifs is 1. The summed E-state index contributed by atoms with van der Waals surface area (Å²) in [5.74, 6) is 0.764. The summed E-state index contributed by atoms with van der Waals surface area (Å²) in [4.78, 5) is 7.00. The van der Waals surface area contributed by atoms with Gasteiger partial charge in [-0.1, -0.05) is 12.1 Å². The van der Waals surface area contributed by atoms with Crippen LogP contribution >= 0.6 is 0 Å². The largest absolute Gasteiger partial charge is 0.439 e. The molecule has 3 rings (SSSR count). The predicted molar refractivity (Wildman–Crippen MR) is 66.4 cm³/mol. The highest BCUT2D eigenvalue weighted by Gasteiger charge is 2.14. The molecule has 0 spiro atoms. The Morgan fingerprint density at radius 2 is 2.28 bits per heavy atom. The molecule has 1 atom stereocenters. The van der Waals surface area contributed by atoms with Gasteiger partial charge in [0.05, 0.1) is 17.8 Å². The van der Waals surface area contributed by atoms with E-state index < -0.39 is 0 Å². The number of nitrogens with one attached hydrogen (secondary N) is 1. The summed E-state index contributed by atoms with van der Waals surface area (Å²) in [6, 6.07) is 4.65. The Balaban J connectivity index is 2.16. The van der Waals surface area contributed by atoms with Crippen molar-refractivity contribution in [2.75, 3.05) is 0 Å². The fourth-order valence-corrected chi connectivity index (χ4v) is 1.94. The molecule has 0 aliphatic heterocycles. The first-order chi connectivity index (χ1) is 8.66. The molecule has 0 saturated carbocycles. The van der Waals surface area contributed by atoms with Crippen LogP contribution in [0.1, 0.15) is 18.9 Å². The average Bonchev–Trinajstić information content (AvgIpc) is 2.94. The van der Waals surface area contributed by atoms with E-state index in [1.165, 1.54) is 6.07 Å². The van der Waals surface area contributed by atoms with Crippen LogP contribution in [0.2, 0.25) is 0 Å². The van der Waals surface area contributed by atoms with Gasteiger partial charge < -0.3 is 15.1 Å². The number of H-pyrrole nitrogens is 1. The van der Waals surface area contributed by atoms with E-state index in [0.29, 0.717) is 17.2 Å².